The van der Waals surface area contributed by atoms with Gasteiger partial charge >= 0.3 is 0 Å². The highest BCUT2D eigenvalue weighted by molar-refractivity contribution is 7.89. The standard InChI is InChI=1S/C20H17N5O3S2/c26-20(22-13-14-6-5-11-21-12-14)18(15-7-2-1-3-8-15)25-30(27,28)17-10-4-9-16-19(17)24-29-23-16/h1-12,18,25H,13H2,(H,22,26)/t18-/m1/s1. The molecule has 8 nitrogen and oxygen atoms in total. The van der Waals surface area contributed by atoms with E-state index in [1.54, 1.807) is 60.9 Å². The normalized spacial score (nSPS) is 12.5. The lowest BCUT2D eigenvalue weighted by molar-refractivity contribution is -0.123. The van der Waals surface area contributed by atoms with Gasteiger partial charge in [-0.2, -0.15) is 13.5 Å². The number of pyridine rings is 1. The van der Waals surface area contributed by atoms with Crippen LogP contribution in [0, 0.1) is 0 Å². The summed E-state index contributed by atoms with van der Waals surface area (Å²) in [4.78, 5) is 17.0. The van der Waals surface area contributed by atoms with Crippen LogP contribution >= 0.6 is 11.7 Å². The van der Waals surface area contributed by atoms with Gasteiger partial charge in [-0.15, -0.1) is 0 Å². The first kappa shape index (κ1) is 20.1. The van der Waals surface area contributed by atoms with Crippen molar-refractivity contribution in [2.24, 2.45) is 0 Å². The molecule has 0 aliphatic rings. The molecule has 2 N–H and O–H groups in total. The number of carbonyl (C=O) groups is 1. The Kier molecular flexibility index (Phi) is 5.79. The monoisotopic (exact) mass is 439 g/mol. The van der Waals surface area contributed by atoms with Crippen LogP contribution in [0.25, 0.3) is 11.0 Å². The Morgan fingerprint density at radius 1 is 1.00 bits per heavy atom. The van der Waals surface area contributed by atoms with Crippen LogP contribution in [0.15, 0.2) is 78.0 Å². The molecule has 4 aromatic rings. The Labute approximate surface area is 177 Å². The van der Waals surface area contributed by atoms with Crippen molar-refractivity contribution in [3.63, 3.8) is 0 Å². The van der Waals surface area contributed by atoms with E-state index in [1.807, 2.05) is 6.07 Å². The minimum absolute atomic E-state index is 0.0188. The zero-order valence-electron chi connectivity index (χ0n) is 15.6. The van der Waals surface area contributed by atoms with Gasteiger partial charge < -0.3 is 5.32 Å². The zero-order chi connectivity index (χ0) is 21.0. The van der Waals surface area contributed by atoms with Gasteiger partial charge in [0.2, 0.25) is 15.9 Å². The minimum Gasteiger partial charge on any atom is -0.350 e. The average Bonchev–Trinajstić information content (AvgIpc) is 3.26. The summed E-state index contributed by atoms with van der Waals surface area (Å²) in [6, 6.07) is 15.9. The summed E-state index contributed by atoms with van der Waals surface area (Å²) in [6.07, 6.45) is 3.28. The lowest BCUT2D eigenvalue weighted by atomic mass is 10.1. The molecule has 0 bridgehead atoms. The Morgan fingerprint density at radius 3 is 2.60 bits per heavy atom. The van der Waals surface area contributed by atoms with Crippen LogP contribution in [0.1, 0.15) is 17.2 Å². The quantitative estimate of drug-likeness (QED) is 0.457. The smallest absolute Gasteiger partial charge is 0.243 e. The second-order valence-corrected chi connectivity index (χ2v) is 8.64. The number of hydrogen-bond acceptors (Lipinski definition) is 7. The summed E-state index contributed by atoms with van der Waals surface area (Å²) in [5.74, 6) is -0.475. The van der Waals surface area contributed by atoms with E-state index in [0.29, 0.717) is 11.1 Å². The summed E-state index contributed by atoms with van der Waals surface area (Å²) in [6.45, 7) is 0.226. The Balaban J connectivity index is 1.63. The third-order valence-electron chi connectivity index (χ3n) is 4.40. The van der Waals surface area contributed by atoms with Crippen molar-refractivity contribution in [2.45, 2.75) is 17.5 Å². The second kappa shape index (κ2) is 8.66. The Bertz CT molecular complexity index is 1260. The average molecular weight is 440 g/mol. The van der Waals surface area contributed by atoms with E-state index < -0.39 is 22.0 Å². The molecule has 0 fully saturated rings. The van der Waals surface area contributed by atoms with Gasteiger partial charge in [0.1, 0.15) is 22.0 Å². The van der Waals surface area contributed by atoms with Crippen LogP contribution in [-0.2, 0) is 21.4 Å². The lowest BCUT2D eigenvalue weighted by Crippen LogP contribution is -2.40. The van der Waals surface area contributed by atoms with Crippen LogP contribution in [0.2, 0.25) is 0 Å². The van der Waals surface area contributed by atoms with Gasteiger partial charge in [-0.3, -0.25) is 9.78 Å². The molecule has 10 heteroatoms. The number of aromatic nitrogens is 3. The topological polar surface area (TPSA) is 114 Å². The van der Waals surface area contributed by atoms with E-state index >= 15 is 0 Å². The molecule has 4 rings (SSSR count). The largest absolute Gasteiger partial charge is 0.350 e. The molecule has 2 aromatic heterocycles. The predicted molar refractivity (Wildman–Crippen MR) is 113 cm³/mol. The first-order valence-electron chi connectivity index (χ1n) is 9.00. The highest BCUT2D eigenvalue weighted by atomic mass is 32.2. The molecular weight excluding hydrogens is 422 g/mol. The summed E-state index contributed by atoms with van der Waals surface area (Å²) in [5, 5.41) is 2.77. The molecule has 0 aliphatic carbocycles. The van der Waals surface area contributed by atoms with Gasteiger partial charge in [0.05, 0.1) is 11.7 Å². The highest BCUT2D eigenvalue weighted by Crippen LogP contribution is 2.23. The van der Waals surface area contributed by atoms with Gasteiger partial charge in [0, 0.05) is 18.9 Å². The maximum Gasteiger partial charge on any atom is 0.243 e. The summed E-state index contributed by atoms with van der Waals surface area (Å²) < 4.78 is 37.0. The van der Waals surface area contributed by atoms with Crippen LogP contribution < -0.4 is 10.0 Å². The van der Waals surface area contributed by atoms with Gasteiger partial charge in [-0.25, -0.2) is 8.42 Å². The van der Waals surface area contributed by atoms with E-state index in [4.69, 9.17) is 0 Å². The van der Waals surface area contributed by atoms with Gasteiger partial charge in [-0.1, -0.05) is 42.5 Å². The second-order valence-electron chi connectivity index (χ2n) is 6.43. The van der Waals surface area contributed by atoms with Crippen LogP contribution in [0.5, 0.6) is 0 Å². The molecule has 0 unspecified atom stereocenters. The lowest BCUT2D eigenvalue weighted by Gasteiger charge is -2.19. The van der Waals surface area contributed by atoms with E-state index in [1.165, 1.54) is 6.07 Å². The number of rotatable bonds is 7. The van der Waals surface area contributed by atoms with E-state index in [2.05, 4.69) is 23.8 Å². The number of sulfonamides is 1. The van der Waals surface area contributed by atoms with E-state index in [-0.39, 0.29) is 17.0 Å². The van der Waals surface area contributed by atoms with Crippen molar-refractivity contribution in [3.05, 3.63) is 84.2 Å². The predicted octanol–water partition coefficient (Wildman–Crippen LogP) is 2.42. The van der Waals surface area contributed by atoms with Crippen molar-refractivity contribution >= 4 is 38.7 Å². The molecular formula is C20H17N5O3S2. The third-order valence-corrected chi connectivity index (χ3v) is 6.39. The number of benzene rings is 2. The molecule has 0 saturated carbocycles. The fourth-order valence-corrected chi connectivity index (χ4v) is 4.88. The van der Waals surface area contributed by atoms with Crippen LogP contribution in [0.4, 0.5) is 0 Å². The molecule has 1 amide bonds. The van der Waals surface area contributed by atoms with Crippen molar-refractivity contribution in [2.75, 3.05) is 0 Å². The van der Waals surface area contributed by atoms with E-state index in [0.717, 1.165) is 17.3 Å². The van der Waals surface area contributed by atoms with Crippen LogP contribution in [-0.4, -0.2) is 28.1 Å². The molecule has 0 aliphatic heterocycles. The number of carbonyl (C=O) groups excluding carboxylic acids is 1. The highest BCUT2D eigenvalue weighted by Gasteiger charge is 2.29. The Morgan fingerprint density at radius 2 is 1.83 bits per heavy atom. The van der Waals surface area contributed by atoms with Crippen LogP contribution in [0.3, 0.4) is 0 Å². The maximum absolute atomic E-state index is 13.1. The van der Waals surface area contributed by atoms with Gasteiger partial charge in [-0.05, 0) is 29.3 Å². The van der Waals surface area contributed by atoms with Crippen molar-refractivity contribution in [1.82, 2.24) is 23.8 Å². The molecule has 2 heterocycles. The molecule has 30 heavy (non-hydrogen) atoms. The number of hydrogen-bond donors (Lipinski definition) is 2. The number of nitrogens with zero attached hydrogens (tertiary/aromatic N) is 3. The number of nitrogens with one attached hydrogen (secondary N) is 2. The Hall–Kier alpha value is -3.21. The number of fused-ring (bicyclic) bond motifs is 1. The minimum atomic E-state index is -4.05. The summed E-state index contributed by atoms with van der Waals surface area (Å²) >= 11 is 0.933. The molecule has 0 saturated heterocycles. The van der Waals surface area contributed by atoms with Gasteiger partial charge in [0.15, 0.2) is 0 Å². The molecule has 2 aromatic carbocycles. The first-order valence-corrected chi connectivity index (χ1v) is 11.2. The SMILES string of the molecule is O=C(NCc1cccnc1)[C@H](NS(=O)(=O)c1cccc2nsnc12)c1ccccc1. The number of amides is 1. The van der Waals surface area contributed by atoms with E-state index in [9.17, 15) is 13.2 Å². The zero-order valence-corrected chi connectivity index (χ0v) is 17.2. The molecule has 152 valence electrons. The molecule has 0 spiro atoms. The summed E-state index contributed by atoms with van der Waals surface area (Å²) in [7, 11) is -4.05. The fourth-order valence-electron chi connectivity index (χ4n) is 2.93. The third kappa shape index (κ3) is 4.35. The van der Waals surface area contributed by atoms with Crippen molar-refractivity contribution < 1.29 is 13.2 Å². The van der Waals surface area contributed by atoms with Crippen molar-refractivity contribution in [3.8, 4) is 0 Å². The maximum atomic E-state index is 13.1. The van der Waals surface area contributed by atoms with Crippen molar-refractivity contribution in [1.29, 1.82) is 0 Å². The first-order chi connectivity index (χ1) is 14.5. The van der Waals surface area contributed by atoms with Gasteiger partial charge in [0.25, 0.3) is 0 Å². The molecule has 1 atom stereocenters. The summed E-state index contributed by atoms with van der Waals surface area (Å²) in [5.41, 5.74) is 2.09. The fraction of sp³-hybridized carbons (Fsp3) is 0.100. The molecule has 0 radical (unpaired) electrons.